The lowest BCUT2D eigenvalue weighted by molar-refractivity contribution is -0.385. The highest BCUT2D eigenvalue weighted by molar-refractivity contribution is 7.49. The number of tetrazole rings is 2. The van der Waals surface area contributed by atoms with Gasteiger partial charge in [0, 0.05) is 48.2 Å². The summed E-state index contributed by atoms with van der Waals surface area (Å²) in [5.74, 6) is -10.3. The molecule has 0 saturated carbocycles. The van der Waals surface area contributed by atoms with Gasteiger partial charge in [-0.25, -0.2) is 23.7 Å². The number of carbonyl (C=O) groups is 8. The number of nitro benzene ring substituents is 2. The molecule has 6 aromatic rings. The van der Waals surface area contributed by atoms with Crippen molar-refractivity contribution in [3.8, 4) is 11.5 Å². The monoisotopic (exact) mass is 1220 g/mol. The summed E-state index contributed by atoms with van der Waals surface area (Å²) in [5.41, 5.74) is 7.63. The number of para-hydroxylation sites is 2. The molecule has 4 aromatic carbocycles. The number of benzene rings is 4. The van der Waals surface area contributed by atoms with E-state index in [0.717, 1.165) is 29.2 Å². The van der Waals surface area contributed by atoms with Gasteiger partial charge in [-0.3, -0.25) is 49.1 Å². The topological polar surface area (TPSA) is 449 Å². The number of fused-ring (bicyclic) bond motifs is 1. The zero-order valence-corrected chi connectivity index (χ0v) is 46.8. The first kappa shape index (κ1) is 61.8. The van der Waals surface area contributed by atoms with Gasteiger partial charge in [0.1, 0.15) is 49.6 Å². The zero-order chi connectivity index (χ0) is 62.7. The van der Waals surface area contributed by atoms with Crippen molar-refractivity contribution in [2.45, 2.75) is 71.6 Å². The summed E-state index contributed by atoms with van der Waals surface area (Å²) in [6, 6.07) is 22.3. The average Bonchev–Trinajstić information content (AvgIpc) is 1.58. The predicted molar refractivity (Wildman–Crippen MR) is 289 cm³/mol. The number of rotatable bonds is 24. The Balaban J connectivity index is 0.000000240. The quantitative estimate of drug-likeness (QED) is 0.00900. The van der Waals surface area contributed by atoms with Crippen LogP contribution in [0.25, 0.3) is 5.53 Å². The van der Waals surface area contributed by atoms with Gasteiger partial charge in [-0.05, 0) is 88.8 Å². The van der Waals surface area contributed by atoms with E-state index in [1.54, 1.807) is 57.2 Å². The van der Waals surface area contributed by atoms with Crippen LogP contribution in [0, 0.1) is 43.9 Å². The maximum absolute atomic E-state index is 14.4. The van der Waals surface area contributed by atoms with Gasteiger partial charge < -0.3 is 44.5 Å². The van der Waals surface area contributed by atoms with Gasteiger partial charge in [0.2, 0.25) is 23.6 Å². The minimum atomic E-state index is -4.72. The number of carbonyl (C=O) groups excluding carboxylic acids is 8. The first-order chi connectivity index (χ1) is 41.6. The van der Waals surface area contributed by atoms with Crippen molar-refractivity contribution in [2.75, 3.05) is 0 Å². The molecule has 3 N–H and O–H groups in total. The number of hydrogen-bond acceptors (Lipinski definition) is 24. The number of nitrogens with zero attached hydrogens (tertiary/aromatic N) is 13. The van der Waals surface area contributed by atoms with Crippen LogP contribution >= 0.6 is 7.82 Å². The van der Waals surface area contributed by atoms with E-state index in [1.165, 1.54) is 77.5 Å². The summed E-state index contributed by atoms with van der Waals surface area (Å²) >= 11 is 0. The number of non-ortho nitro benzene ring substituents is 2. The van der Waals surface area contributed by atoms with E-state index < -0.39 is 124 Å². The third kappa shape index (κ3) is 14.6. The Morgan fingerprint density at radius 3 is 1.70 bits per heavy atom. The molecule has 35 heteroatoms. The number of nitrogens with one attached hydrogen (secondary N) is 3. The predicted octanol–water partition coefficient (Wildman–Crippen LogP) is 2.26. The highest BCUT2D eigenvalue weighted by atomic mass is 31.2. The van der Waals surface area contributed by atoms with Crippen molar-refractivity contribution in [3.63, 3.8) is 0 Å². The van der Waals surface area contributed by atoms with Crippen molar-refractivity contribution in [1.82, 2.24) is 61.3 Å². The number of nitro groups is 2. The van der Waals surface area contributed by atoms with Crippen LogP contribution in [0.1, 0.15) is 43.6 Å². The molecule has 0 bridgehead atoms. The van der Waals surface area contributed by atoms with Gasteiger partial charge in [-0.15, -0.1) is 10.2 Å². The minimum absolute atomic E-state index is 0.0941. The van der Waals surface area contributed by atoms with Crippen LogP contribution in [0.3, 0.4) is 0 Å². The number of amides is 4. The van der Waals surface area contributed by atoms with Gasteiger partial charge >= 0.3 is 31.4 Å². The molecule has 450 valence electrons. The molecule has 4 unspecified atom stereocenters. The maximum atomic E-state index is 14.4. The van der Waals surface area contributed by atoms with Crippen molar-refractivity contribution in [1.29, 1.82) is 0 Å². The molecular weight excluding hydrogens is 1170 g/mol. The van der Waals surface area contributed by atoms with Gasteiger partial charge in [0.25, 0.3) is 17.2 Å². The van der Waals surface area contributed by atoms with Crippen molar-refractivity contribution >= 4 is 72.2 Å². The van der Waals surface area contributed by atoms with E-state index in [9.17, 15) is 68.7 Å². The molecule has 3 aliphatic heterocycles. The summed E-state index contributed by atoms with van der Waals surface area (Å²) in [4.78, 5) is 127. The molecule has 0 radical (unpaired) electrons. The number of ether oxygens (including phenoxy) is 2. The van der Waals surface area contributed by atoms with Gasteiger partial charge in [-0.1, -0.05) is 50.2 Å². The molecular formula is C52H49N16O18P. The number of ketones is 1. The molecule has 8 atom stereocenters. The first-order valence-corrected chi connectivity index (χ1v) is 27.4. The van der Waals surface area contributed by atoms with Crippen LogP contribution in [0.2, 0.25) is 0 Å². The normalized spacial score (nSPS) is 18.3. The Morgan fingerprint density at radius 2 is 1.23 bits per heavy atom. The maximum Gasteiger partial charge on any atom is 0.646 e. The standard InChI is InChI=1S/C32H28N7O11P.C20H21N9O7/c1-19-27-26(20(2)34-25(40)17-37-18-33-35-36-37)30(41)38(27)28(32(43)47-31(42)21-13-15-22(16-14-21)39(44)45)29(19)50-51(46,48-23-9-5-3-6-10-23)49-24-11-7-4-8-12-24;1-10(16-15(19(32)24-16)11(2)23-14(30)7-28-9-22-26-27-28)18(31)17(25-21)20(33)36-8-12-3-5-13(6-4-12)29(34)35/h3-16,18-20,26-27H,17H2,1-2H3,(H,34,40);3-6,9-11,15-16H,7-8H2,1-2H3,(H,23,30)(H,24,32)/t19-,20-,26?,27?;10-,11-,15?,16?/m11/s1. The Bertz CT molecular complexity index is 3690. The molecule has 2 saturated heterocycles. The number of esters is 3. The lowest BCUT2D eigenvalue weighted by Crippen LogP contribution is -2.68. The largest absolute Gasteiger partial charge is 0.646 e. The number of hydrogen-bond donors (Lipinski definition) is 3. The lowest BCUT2D eigenvalue weighted by atomic mass is 9.75. The smallest absolute Gasteiger partial charge is 0.452 e. The third-order valence-electron chi connectivity index (χ3n) is 13.7. The lowest BCUT2D eigenvalue weighted by Gasteiger charge is -2.47. The molecule has 87 heavy (non-hydrogen) atoms. The van der Waals surface area contributed by atoms with Crippen LogP contribution in [0.15, 0.2) is 133 Å². The molecule has 9 rings (SSSR count). The number of phosphoric ester groups is 1. The molecule has 34 nitrogen and oxygen atoms in total. The van der Waals surface area contributed by atoms with Crippen molar-refractivity contribution in [2.24, 2.45) is 23.7 Å². The van der Waals surface area contributed by atoms with Crippen LogP contribution in [0.5, 0.6) is 11.5 Å². The molecule has 3 aliphatic rings. The van der Waals surface area contributed by atoms with E-state index in [0.29, 0.717) is 5.56 Å². The van der Waals surface area contributed by atoms with Gasteiger partial charge in [0.05, 0.1) is 39.3 Å². The van der Waals surface area contributed by atoms with Crippen LogP contribution in [-0.2, 0) is 71.8 Å². The zero-order valence-electron chi connectivity index (χ0n) is 45.9. The van der Waals surface area contributed by atoms with Crippen LogP contribution in [0.4, 0.5) is 11.4 Å². The number of aromatic nitrogens is 8. The van der Waals surface area contributed by atoms with E-state index in [-0.39, 0.29) is 53.9 Å². The van der Waals surface area contributed by atoms with Crippen LogP contribution in [-0.4, -0.2) is 137 Å². The van der Waals surface area contributed by atoms with Crippen LogP contribution < -0.4 is 25.0 Å². The fourth-order valence-electron chi connectivity index (χ4n) is 9.43. The fourth-order valence-corrected chi connectivity index (χ4v) is 10.8. The molecule has 5 heterocycles. The summed E-state index contributed by atoms with van der Waals surface area (Å²) in [5, 5.41) is 50.8. The second-order valence-corrected chi connectivity index (χ2v) is 20.9. The Hall–Kier alpha value is -11.3. The molecule has 2 fully saturated rings. The van der Waals surface area contributed by atoms with E-state index in [1.807, 2.05) is 0 Å². The summed E-state index contributed by atoms with van der Waals surface area (Å²) in [6.07, 6.45) is 2.50. The molecule has 4 amide bonds. The summed E-state index contributed by atoms with van der Waals surface area (Å²) in [7, 11) is -4.72. The van der Waals surface area contributed by atoms with Gasteiger partial charge in [0.15, 0.2) is 5.70 Å². The number of β-lactam (4-membered cyclic amide) rings is 2. The Kier molecular flexibility index (Phi) is 19.2. The second-order valence-electron chi connectivity index (χ2n) is 19.4. The third-order valence-corrected chi connectivity index (χ3v) is 14.9. The van der Waals surface area contributed by atoms with E-state index in [4.69, 9.17) is 23.0 Å². The van der Waals surface area contributed by atoms with Crippen molar-refractivity contribution in [3.05, 3.63) is 170 Å². The first-order valence-electron chi connectivity index (χ1n) is 25.9. The fraction of sp³-hybridized carbons (Fsp3) is 0.288. The van der Waals surface area contributed by atoms with E-state index in [2.05, 4.69) is 51.8 Å². The minimum Gasteiger partial charge on any atom is -0.452 e. The molecule has 2 aromatic heterocycles. The average molecular weight is 1220 g/mol. The summed E-state index contributed by atoms with van der Waals surface area (Å²) in [6.45, 7) is 5.48. The highest BCUT2D eigenvalue weighted by Gasteiger charge is 2.63. The van der Waals surface area contributed by atoms with Gasteiger partial charge in [-0.2, -0.15) is 9.35 Å². The summed E-state index contributed by atoms with van der Waals surface area (Å²) < 4.78 is 44.4. The second kappa shape index (κ2) is 27.0. The van der Waals surface area contributed by atoms with E-state index >= 15 is 0 Å². The number of phosphoric acid groups is 1. The number of Topliss-reactive ketones (excluding diaryl/α,β-unsaturated/α-hetero) is 1. The molecule has 0 spiro atoms. The molecule has 0 aliphatic carbocycles. The highest BCUT2D eigenvalue weighted by Crippen LogP contribution is 2.57. The Labute approximate surface area is 489 Å². The Morgan fingerprint density at radius 1 is 0.724 bits per heavy atom. The van der Waals surface area contributed by atoms with Crippen molar-refractivity contribution < 1.29 is 80.6 Å². The SMILES string of the molecule is C[C@@H](NC(=O)Cn1cnnn1)C1C(=O)N2C(C(=O)OC(=O)c3ccc([N+](=O)[O-])cc3)=C(OP(=O)(Oc3ccccc3)Oc3ccccc3)[C@H](C)C12.C[C@@H](NC(=O)Cn1cnnn1)C1C(=O)NC1[C@@H](C)C(=O)C(=[N+]=[N-])C(=O)OCc1ccc([N+](=O)[O-])cc1.